The van der Waals surface area contributed by atoms with E-state index in [2.05, 4.69) is 10.3 Å². The maximum Gasteiger partial charge on any atom is 0.332 e. The summed E-state index contributed by atoms with van der Waals surface area (Å²) in [6.45, 7) is 3.83. The highest BCUT2D eigenvalue weighted by Gasteiger charge is 2.22. The Morgan fingerprint density at radius 1 is 1.44 bits per heavy atom. The van der Waals surface area contributed by atoms with Crippen molar-refractivity contribution in [1.82, 2.24) is 4.98 Å². The van der Waals surface area contributed by atoms with Gasteiger partial charge in [-0.05, 0) is 31.5 Å². The van der Waals surface area contributed by atoms with Gasteiger partial charge in [0, 0.05) is 11.1 Å². The number of carbonyl (C=O) groups is 1. The second-order valence-corrected chi connectivity index (χ2v) is 5.14. The standard InChI is InChI=1S/C13H14N2O2S/c1-8-4-3-5-10(6-8)15-12(13(16)17)11-7-18-9(2)14-11/h3-7,12,15H,1-2H3,(H,16,17). The lowest BCUT2D eigenvalue weighted by Crippen LogP contribution is -2.20. The van der Waals surface area contributed by atoms with Crippen molar-refractivity contribution in [2.75, 3.05) is 5.32 Å². The first-order valence-corrected chi connectivity index (χ1v) is 6.42. The number of aliphatic carboxylic acids is 1. The first kappa shape index (κ1) is 12.6. The lowest BCUT2D eigenvalue weighted by molar-refractivity contribution is -0.138. The number of rotatable bonds is 4. The van der Waals surface area contributed by atoms with Gasteiger partial charge in [-0.25, -0.2) is 9.78 Å². The molecular formula is C13H14N2O2S. The molecule has 1 unspecified atom stereocenters. The van der Waals surface area contributed by atoms with Crippen LogP contribution in [0.5, 0.6) is 0 Å². The lowest BCUT2D eigenvalue weighted by Gasteiger charge is -2.14. The van der Waals surface area contributed by atoms with E-state index in [1.165, 1.54) is 11.3 Å². The average molecular weight is 262 g/mol. The van der Waals surface area contributed by atoms with Crippen LogP contribution in [0.1, 0.15) is 22.3 Å². The highest BCUT2D eigenvalue weighted by Crippen LogP contribution is 2.22. The van der Waals surface area contributed by atoms with Crippen molar-refractivity contribution in [2.24, 2.45) is 0 Å². The fraction of sp³-hybridized carbons (Fsp3) is 0.231. The van der Waals surface area contributed by atoms with Crippen molar-refractivity contribution < 1.29 is 9.90 Å². The molecule has 1 aromatic carbocycles. The topological polar surface area (TPSA) is 62.2 Å². The number of aryl methyl sites for hydroxylation is 2. The van der Waals surface area contributed by atoms with Crippen molar-refractivity contribution in [1.29, 1.82) is 0 Å². The summed E-state index contributed by atoms with van der Waals surface area (Å²) in [5.74, 6) is -0.929. The van der Waals surface area contributed by atoms with Crippen LogP contribution in [0.2, 0.25) is 0 Å². The third kappa shape index (κ3) is 2.87. The van der Waals surface area contributed by atoms with E-state index in [9.17, 15) is 9.90 Å². The fourth-order valence-electron chi connectivity index (χ4n) is 1.68. The molecule has 5 heteroatoms. The number of anilines is 1. The Morgan fingerprint density at radius 2 is 2.22 bits per heavy atom. The number of carboxylic acid groups (broad SMARTS) is 1. The zero-order valence-electron chi connectivity index (χ0n) is 10.2. The number of hydrogen-bond donors (Lipinski definition) is 2. The molecule has 2 N–H and O–H groups in total. The molecule has 0 fully saturated rings. The minimum absolute atomic E-state index is 0.548. The zero-order chi connectivity index (χ0) is 13.1. The molecule has 1 heterocycles. The Morgan fingerprint density at radius 3 is 2.78 bits per heavy atom. The Bertz CT molecular complexity index is 566. The molecule has 0 saturated heterocycles. The summed E-state index contributed by atoms with van der Waals surface area (Å²) in [5.41, 5.74) is 2.41. The average Bonchev–Trinajstić information content (AvgIpc) is 2.72. The smallest absolute Gasteiger partial charge is 0.332 e. The third-order valence-electron chi connectivity index (χ3n) is 2.51. The molecule has 1 aromatic heterocycles. The van der Waals surface area contributed by atoms with Gasteiger partial charge in [0.1, 0.15) is 0 Å². The van der Waals surface area contributed by atoms with Gasteiger partial charge in [0.2, 0.25) is 0 Å². The Balaban J connectivity index is 2.24. The minimum Gasteiger partial charge on any atom is -0.479 e. The molecule has 0 bridgehead atoms. The van der Waals surface area contributed by atoms with Gasteiger partial charge in [-0.15, -0.1) is 11.3 Å². The SMILES string of the molecule is Cc1cccc(NC(C(=O)O)c2csc(C)n2)c1. The first-order valence-electron chi connectivity index (χ1n) is 5.54. The van der Waals surface area contributed by atoms with Gasteiger partial charge < -0.3 is 10.4 Å². The molecule has 0 radical (unpaired) electrons. The van der Waals surface area contributed by atoms with Crippen molar-refractivity contribution in [3.8, 4) is 0 Å². The molecule has 0 spiro atoms. The monoisotopic (exact) mass is 262 g/mol. The van der Waals surface area contributed by atoms with E-state index in [1.54, 1.807) is 5.38 Å². The van der Waals surface area contributed by atoms with Gasteiger partial charge in [0.25, 0.3) is 0 Å². The Hall–Kier alpha value is -1.88. The van der Waals surface area contributed by atoms with E-state index in [4.69, 9.17) is 0 Å². The fourth-order valence-corrected chi connectivity index (χ4v) is 2.31. The third-order valence-corrected chi connectivity index (χ3v) is 3.30. The predicted octanol–water partition coefficient (Wildman–Crippen LogP) is 3.00. The van der Waals surface area contributed by atoms with E-state index in [1.807, 2.05) is 38.1 Å². The molecule has 4 nitrogen and oxygen atoms in total. The van der Waals surface area contributed by atoms with Crippen molar-refractivity contribution in [3.05, 3.63) is 45.9 Å². The maximum atomic E-state index is 11.3. The van der Waals surface area contributed by atoms with E-state index >= 15 is 0 Å². The van der Waals surface area contributed by atoms with Crippen LogP contribution in [-0.4, -0.2) is 16.1 Å². The Kier molecular flexibility index (Phi) is 3.62. The molecule has 2 aromatic rings. The van der Waals surface area contributed by atoms with Crippen molar-refractivity contribution in [2.45, 2.75) is 19.9 Å². The maximum absolute atomic E-state index is 11.3. The van der Waals surface area contributed by atoms with E-state index < -0.39 is 12.0 Å². The van der Waals surface area contributed by atoms with Gasteiger partial charge >= 0.3 is 5.97 Å². The zero-order valence-corrected chi connectivity index (χ0v) is 11.0. The number of benzene rings is 1. The van der Waals surface area contributed by atoms with Gasteiger partial charge in [-0.2, -0.15) is 0 Å². The summed E-state index contributed by atoms with van der Waals surface area (Å²) >= 11 is 1.45. The van der Waals surface area contributed by atoms with Crippen LogP contribution in [0, 0.1) is 13.8 Å². The summed E-state index contributed by atoms with van der Waals surface area (Å²) in [7, 11) is 0. The number of hydrogen-bond acceptors (Lipinski definition) is 4. The summed E-state index contributed by atoms with van der Waals surface area (Å²) < 4.78 is 0. The van der Waals surface area contributed by atoms with Gasteiger partial charge in [0.05, 0.1) is 10.7 Å². The summed E-state index contributed by atoms with van der Waals surface area (Å²) in [6.07, 6.45) is 0. The molecular weight excluding hydrogens is 248 g/mol. The highest BCUT2D eigenvalue weighted by molar-refractivity contribution is 7.09. The largest absolute Gasteiger partial charge is 0.479 e. The van der Waals surface area contributed by atoms with Crippen LogP contribution in [0.15, 0.2) is 29.6 Å². The van der Waals surface area contributed by atoms with Crippen LogP contribution in [0.25, 0.3) is 0 Å². The van der Waals surface area contributed by atoms with E-state index in [-0.39, 0.29) is 0 Å². The predicted molar refractivity (Wildman–Crippen MR) is 72.0 cm³/mol. The summed E-state index contributed by atoms with van der Waals surface area (Å²) in [5, 5.41) is 14.9. The number of carboxylic acids is 1. The molecule has 18 heavy (non-hydrogen) atoms. The molecule has 0 saturated carbocycles. The molecule has 1 atom stereocenters. The number of nitrogens with zero attached hydrogens (tertiary/aromatic N) is 1. The van der Waals surface area contributed by atoms with Crippen LogP contribution < -0.4 is 5.32 Å². The van der Waals surface area contributed by atoms with E-state index in [0.717, 1.165) is 16.3 Å². The van der Waals surface area contributed by atoms with Gasteiger partial charge in [-0.1, -0.05) is 12.1 Å². The number of thiazole rings is 1. The molecule has 94 valence electrons. The summed E-state index contributed by atoms with van der Waals surface area (Å²) in [6, 6.07) is 6.81. The Labute approximate surface area is 109 Å². The van der Waals surface area contributed by atoms with Gasteiger partial charge in [-0.3, -0.25) is 0 Å². The quantitative estimate of drug-likeness (QED) is 0.889. The van der Waals surface area contributed by atoms with Crippen LogP contribution in [-0.2, 0) is 4.79 Å². The number of aromatic nitrogens is 1. The first-order chi connectivity index (χ1) is 8.56. The molecule has 0 aliphatic rings. The molecule has 0 aliphatic carbocycles. The van der Waals surface area contributed by atoms with Crippen LogP contribution in [0.4, 0.5) is 5.69 Å². The van der Waals surface area contributed by atoms with Crippen molar-refractivity contribution in [3.63, 3.8) is 0 Å². The lowest BCUT2D eigenvalue weighted by atomic mass is 10.2. The van der Waals surface area contributed by atoms with Crippen molar-refractivity contribution >= 4 is 23.0 Å². The minimum atomic E-state index is -0.929. The summed E-state index contributed by atoms with van der Waals surface area (Å²) in [4.78, 5) is 15.5. The highest BCUT2D eigenvalue weighted by atomic mass is 32.1. The normalized spacial score (nSPS) is 12.1. The van der Waals surface area contributed by atoms with E-state index in [0.29, 0.717) is 5.69 Å². The number of nitrogens with one attached hydrogen (secondary N) is 1. The second kappa shape index (κ2) is 5.18. The van der Waals surface area contributed by atoms with Gasteiger partial charge in [0.15, 0.2) is 6.04 Å². The molecule has 0 aliphatic heterocycles. The second-order valence-electron chi connectivity index (χ2n) is 4.08. The molecule has 2 rings (SSSR count). The van der Waals surface area contributed by atoms with Crippen LogP contribution >= 0.6 is 11.3 Å². The molecule has 0 amide bonds. The van der Waals surface area contributed by atoms with Crippen LogP contribution in [0.3, 0.4) is 0 Å².